The van der Waals surface area contributed by atoms with E-state index in [0.29, 0.717) is 26.1 Å². The highest BCUT2D eigenvalue weighted by Crippen LogP contribution is 2.30. The van der Waals surface area contributed by atoms with Gasteiger partial charge in [0.15, 0.2) is 0 Å². The van der Waals surface area contributed by atoms with Crippen LogP contribution >= 0.6 is 11.3 Å². The van der Waals surface area contributed by atoms with E-state index >= 15 is 0 Å². The summed E-state index contributed by atoms with van der Waals surface area (Å²) >= 11 is 1.70. The molecule has 0 fully saturated rings. The van der Waals surface area contributed by atoms with Crippen molar-refractivity contribution in [3.63, 3.8) is 0 Å². The molecule has 0 aliphatic rings. The first-order valence-corrected chi connectivity index (χ1v) is 15.8. The largest absolute Gasteiger partial charge is 0.461 e. The van der Waals surface area contributed by atoms with Gasteiger partial charge in [-0.25, -0.2) is 9.37 Å². The number of hydrogen-bond donors (Lipinski definition) is 4. The van der Waals surface area contributed by atoms with E-state index in [-0.39, 0.29) is 19.0 Å². The lowest BCUT2D eigenvalue weighted by molar-refractivity contribution is 0.291. The molecule has 2 heterocycles. The van der Waals surface area contributed by atoms with Crippen molar-refractivity contribution in [2.75, 3.05) is 26.3 Å². The van der Waals surface area contributed by atoms with Crippen molar-refractivity contribution in [2.45, 2.75) is 32.4 Å². The minimum Gasteiger partial charge on any atom is -0.461 e. The number of nitrogens with one attached hydrogen (secondary N) is 2. The van der Waals surface area contributed by atoms with Gasteiger partial charge in [0.1, 0.15) is 17.2 Å². The number of hydrogen-bond acceptors (Lipinski definition) is 7. The summed E-state index contributed by atoms with van der Waals surface area (Å²) in [6, 6.07) is 27.9. The molecule has 6 rings (SSSR count). The summed E-state index contributed by atoms with van der Waals surface area (Å²) in [5.74, 6) is 0.648. The Balaban J connectivity index is 1.13. The fraction of sp³-hybridized carbons (Fsp3) is 0.250. The van der Waals surface area contributed by atoms with Crippen LogP contribution in [0.4, 0.5) is 4.39 Å². The number of furan rings is 1. The highest BCUT2D eigenvalue weighted by molar-refractivity contribution is 7.18. The lowest BCUT2D eigenvalue weighted by Gasteiger charge is -2.11. The zero-order chi connectivity index (χ0) is 30.3. The van der Waals surface area contributed by atoms with Gasteiger partial charge >= 0.3 is 0 Å². The molecule has 6 aromatic rings. The monoisotopic (exact) mass is 609 g/mol. The Bertz CT molecular complexity index is 1850. The van der Waals surface area contributed by atoms with Crippen LogP contribution in [-0.2, 0) is 32.4 Å². The fourth-order valence-corrected chi connectivity index (χ4v) is 6.52. The average molecular weight is 610 g/mol. The van der Waals surface area contributed by atoms with Gasteiger partial charge in [0.25, 0.3) is 0 Å². The molecular weight excluding hydrogens is 573 g/mol. The second kappa shape index (κ2) is 14.2. The molecule has 0 saturated carbocycles. The predicted molar refractivity (Wildman–Crippen MR) is 175 cm³/mol. The number of aliphatic hydroxyl groups is 2. The van der Waals surface area contributed by atoms with Gasteiger partial charge in [0.2, 0.25) is 0 Å². The molecular formula is C36H36FN3O3S. The number of fused-ring (bicyclic) bond motifs is 2. The number of aliphatic hydroxyl groups excluding tert-OH is 2. The van der Waals surface area contributed by atoms with E-state index in [4.69, 9.17) is 19.6 Å². The van der Waals surface area contributed by atoms with E-state index in [1.807, 2.05) is 12.1 Å². The summed E-state index contributed by atoms with van der Waals surface area (Å²) < 4.78 is 21.7. The van der Waals surface area contributed by atoms with Gasteiger partial charge in [-0.1, -0.05) is 48.5 Å². The lowest BCUT2D eigenvalue weighted by Crippen LogP contribution is -2.17. The van der Waals surface area contributed by atoms with Gasteiger partial charge in [-0.3, -0.25) is 0 Å². The van der Waals surface area contributed by atoms with Crippen LogP contribution in [0, 0.1) is 5.82 Å². The molecule has 0 unspecified atom stereocenters. The number of aromatic nitrogens is 1. The van der Waals surface area contributed by atoms with Gasteiger partial charge in [-0.05, 0) is 76.2 Å². The van der Waals surface area contributed by atoms with E-state index in [2.05, 4.69) is 71.3 Å². The van der Waals surface area contributed by atoms with Gasteiger partial charge < -0.3 is 25.3 Å². The maximum atomic E-state index is 14.4. The Labute approximate surface area is 260 Å². The molecule has 0 aliphatic heterocycles. The number of benzene rings is 4. The average Bonchev–Trinajstić information content (AvgIpc) is 3.63. The first-order chi connectivity index (χ1) is 21.6. The smallest absolute Gasteiger partial charge is 0.134 e. The van der Waals surface area contributed by atoms with Crippen molar-refractivity contribution in [2.24, 2.45) is 0 Å². The minimum atomic E-state index is -0.251. The number of nitrogens with zero attached hydrogens (tertiary/aromatic N) is 1. The molecule has 0 spiro atoms. The molecule has 0 atom stereocenters. The van der Waals surface area contributed by atoms with Crippen LogP contribution < -0.4 is 10.6 Å². The zero-order valence-electron chi connectivity index (χ0n) is 24.5. The Morgan fingerprint density at radius 2 is 1.48 bits per heavy atom. The Kier molecular flexibility index (Phi) is 9.75. The minimum absolute atomic E-state index is 0.111. The summed E-state index contributed by atoms with van der Waals surface area (Å²) in [5, 5.41) is 26.5. The van der Waals surface area contributed by atoms with Crippen molar-refractivity contribution >= 4 is 32.5 Å². The molecule has 44 heavy (non-hydrogen) atoms. The SMILES string of the molecule is OCCNCc1ccc2cc(CCc3ccc(F)cc3-c3ccc(Cc4nc5ccc(CNCCO)cc5s4)cc3)oc2c1. The van der Waals surface area contributed by atoms with Gasteiger partial charge in [-0.2, -0.15) is 0 Å². The van der Waals surface area contributed by atoms with Gasteiger partial charge in [0, 0.05) is 44.4 Å². The summed E-state index contributed by atoms with van der Waals surface area (Å²) in [6.07, 6.45) is 2.17. The number of thiazole rings is 1. The maximum absolute atomic E-state index is 14.4. The molecule has 2 aromatic heterocycles. The highest BCUT2D eigenvalue weighted by Gasteiger charge is 2.12. The number of rotatable bonds is 14. The quantitative estimate of drug-likeness (QED) is 0.107. The highest BCUT2D eigenvalue weighted by atomic mass is 32.1. The van der Waals surface area contributed by atoms with E-state index in [0.717, 1.165) is 79.2 Å². The molecule has 226 valence electrons. The Morgan fingerprint density at radius 1 is 0.750 bits per heavy atom. The third-order valence-corrected chi connectivity index (χ3v) is 8.72. The van der Waals surface area contributed by atoms with Gasteiger partial charge in [0.05, 0.1) is 28.4 Å². The van der Waals surface area contributed by atoms with Crippen LogP contribution in [-0.4, -0.2) is 41.5 Å². The van der Waals surface area contributed by atoms with Crippen LogP contribution in [0.25, 0.3) is 32.3 Å². The molecule has 4 N–H and O–H groups in total. The Hall–Kier alpha value is -3.92. The van der Waals surface area contributed by atoms with Crippen LogP contribution in [0.3, 0.4) is 0 Å². The van der Waals surface area contributed by atoms with E-state index in [9.17, 15) is 4.39 Å². The van der Waals surface area contributed by atoms with Crippen molar-refractivity contribution in [3.05, 3.63) is 124 Å². The first kappa shape index (κ1) is 30.1. The molecule has 0 bridgehead atoms. The van der Waals surface area contributed by atoms with Crippen molar-refractivity contribution in [1.29, 1.82) is 0 Å². The summed E-state index contributed by atoms with van der Waals surface area (Å²) in [7, 11) is 0. The molecule has 0 radical (unpaired) electrons. The second-order valence-electron chi connectivity index (χ2n) is 11.0. The molecule has 0 amide bonds. The topological polar surface area (TPSA) is 90.5 Å². The molecule has 4 aromatic carbocycles. The summed E-state index contributed by atoms with van der Waals surface area (Å²) in [6.45, 7) is 2.77. The van der Waals surface area contributed by atoms with E-state index in [1.165, 1.54) is 11.6 Å². The summed E-state index contributed by atoms with van der Waals surface area (Å²) in [5.41, 5.74) is 8.24. The fourth-order valence-electron chi connectivity index (χ4n) is 5.46. The standard InChI is InChI=1S/C36H36FN3O3S/c37-30-10-8-28(9-11-31-20-29-7-3-25(17-34(29)43-31)22-38-13-15-41)32(21-30)27-5-1-24(2-6-27)19-36-40-33-12-4-26(18-35(33)44-36)23-39-14-16-42/h1-8,10,12,17-18,20-21,38-39,41-42H,9,11,13-16,19,22-23H2. The second-order valence-corrected chi connectivity index (χ2v) is 12.1. The van der Waals surface area contributed by atoms with Crippen LogP contribution in [0.2, 0.25) is 0 Å². The van der Waals surface area contributed by atoms with Gasteiger partial charge in [-0.15, -0.1) is 11.3 Å². The lowest BCUT2D eigenvalue weighted by atomic mass is 9.95. The van der Waals surface area contributed by atoms with Crippen LogP contribution in [0.5, 0.6) is 0 Å². The van der Waals surface area contributed by atoms with Crippen molar-refractivity contribution in [3.8, 4) is 11.1 Å². The molecule has 0 saturated heterocycles. The number of aryl methyl sites for hydroxylation is 2. The normalized spacial score (nSPS) is 11.6. The zero-order valence-corrected chi connectivity index (χ0v) is 25.3. The van der Waals surface area contributed by atoms with Crippen LogP contribution in [0.15, 0.2) is 89.3 Å². The van der Waals surface area contributed by atoms with Crippen molar-refractivity contribution < 1.29 is 19.0 Å². The third kappa shape index (κ3) is 7.41. The van der Waals surface area contributed by atoms with E-state index in [1.54, 1.807) is 17.4 Å². The Morgan fingerprint density at radius 3 is 2.25 bits per heavy atom. The molecule has 6 nitrogen and oxygen atoms in total. The molecule has 0 aliphatic carbocycles. The van der Waals surface area contributed by atoms with Crippen LogP contribution in [0.1, 0.15) is 33.0 Å². The summed E-state index contributed by atoms with van der Waals surface area (Å²) in [4.78, 5) is 4.83. The third-order valence-electron chi connectivity index (χ3n) is 7.70. The van der Waals surface area contributed by atoms with Crippen molar-refractivity contribution in [1.82, 2.24) is 15.6 Å². The number of halogens is 1. The maximum Gasteiger partial charge on any atom is 0.134 e. The molecule has 8 heteroatoms. The first-order valence-electron chi connectivity index (χ1n) is 15.0. The van der Waals surface area contributed by atoms with E-state index < -0.39 is 0 Å². The predicted octanol–water partition coefficient (Wildman–Crippen LogP) is 6.39.